The molecule has 4 heteroatoms. The molecule has 4 nitrogen and oxygen atoms in total. The zero-order chi connectivity index (χ0) is 16.1. The van der Waals surface area contributed by atoms with E-state index in [1.807, 2.05) is 6.07 Å². The fraction of sp³-hybridized carbons (Fsp3) is 0.611. The Morgan fingerprint density at radius 2 is 2.00 bits per heavy atom. The van der Waals surface area contributed by atoms with Gasteiger partial charge in [-0.25, -0.2) is 0 Å². The smallest absolute Gasteiger partial charge is 0.176 e. The molecule has 122 valence electrons. The second-order valence-electron chi connectivity index (χ2n) is 6.66. The summed E-state index contributed by atoms with van der Waals surface area (Å²) >= 11 is 0. The Hall–Kier alpha value is -1.55. The predicted octanol–water partition coefficient (Wildman–Crippen LogP) is 3.22. The van der Waals surface area contributed by atoms with E-state index in [-0.39, 0.29) is 5.78 Å². The second-order valence-corrected chi connectivity index (χ2v) is 6.66. The van der Waals surface area contributed by atoms with Crippen LogP contribution in [0.15, 0.2) is 18.2 Å². The van der Waals surface area contributed by atoms with Crippen molar-refractivity contribution in [3.05, 3.63) is 23.8 Å². The zero-order valence-corrected chi connectivity index (χ0v) is 14.0. The highest BCUT2D eigenvalue weighted by atomic mass is 16.5. The summed E-state index contributed by atoms with van der Waals surface area (Å²) in [5.74, 6) is 2.12. The topological polar surface area (TPSA) is 55.6 Å². The third-order valence-corrected chi connectivity index (χ3v) is 4.11. The molecule has 2 atom stereocenters. The van der Waals surface area contributed by atoms with Crippen LogP contribution in [0.1, 0.15) is 44.0 Å². The van der Waals surface area contributed by atoms with Crippen LogP contribution >= 0.6 is 0 Å². The van der Waals surface area contributed by atoms with Gasteiger partial charge in [-0.15, -0.1) is 0 Å². The van der Waals surface area contributed by atoms with Crippen LogP contribution in [-0.2, 0) is 0 Å². The van der Waals surface area contributed by atoms with Gasteiger partial charge < -0.3 is 10.5 Å². The molecule has 0 aliphatic carbocycles. The predicted molar refractivity (Wildman–Crippen MR) is 90.4 cm³/mol. The number of nitrogens with zero attached hydrogens (tertiary/aromatic N) is 1. The van der Waals surface area contributed by atoms with Crippen molar-refractivity contribution in [2.45, 2.75) is 33.6 Å². The maximum atomic E-state index is 12.5. The van der Waals surface area contributed by atoms with E-state index in [2.05, 4.69) is 25.7 Å². The van der Waals surface area contributed by atoms with Crippen molar-refractivity contribution < 1.29 is 9.53 Å². The van der Waals surface area contributed by atoms with Crippen LogP contribution in [0.5, 0.6) is 5.75 Å². The summed E-state index contributed by atoms with van der Waals surface area (Å²) in [6, 6.07) is 5.37. The summed E-state index contributed by atoms with van der Waals surface area (Å²) in [5, 5.41) is 0. The van der Waals surface area contributed by atoms with Crippen molar-refractivity contribution in [1.29, 1.82) is 0 Å². The zero-order valence-electron chi connectivity index (χ0n) is 14.0. The van der Waals surface area contributed by atoms with Gasteiger partial charge in [-0.05, 0) is 42.9 Å². The van der Waals surface area contributed by atoms with Gasteiger partial charge in [0.1, 0.15) is 5.75 Å². The highest BCUT2D eigenvalue weighted by Crippen LogP contribution is 2.24. The number of likely N-dealkylation sites (tertiary alicyclic amines) is 1. The van der Waals surface area contributed by atoms with Crippen LogP contribution in [0.2, 0.25) is 0 Å². The van der Waals surface area contributed by atoms with Crippen molar-refractivity contribution in [1.82, 2.24) is 4.90 Å². The van der Waals surface area contributed by atoms with Crippen LogP contribution < -0.4 is 10.5 Å². The summed E-state index contributed by atoms with van der Waals surface area (Å²) in [4.78, 5) is 14.7. The van der Waals surface area contributed by atoms with E-state index in [1.165, 1.54) is 6.42 Å². The first-order valence-electron chi connectivity index (χ1n) is 8.27. The van der Waals surface area contributed by atoms with E-state index in [1.54, 1.807) is 12.1 Å². The lowest BCUT2D eigenvalue weighted by molar-refractivity contribution is 0.0849. The highest BCUT2D eigenvalue weighted by Gasteiger charge is 2.23. The van der Waals surface area contributed by atoms with Crippen LogP contribution in [0.4, 0.5) is 5.69 Å². The molecule has 0 radical (unpaired) electrons. The maximum absolute atomic E-state index is 12.5. The Labute approximate surface area is 133 Å². The van der Waals surface area contributed by atoms with E-state index in [0.29, 0.717) is 42.0 Å². The molecule has 1 aromatic rings. The molecule has 0 bridgehead atoms. The molecule has 2 N–H and O–H groups in total. The molecule has 1 saturated heterocycles. The Kier molecular flexibility index (Phi) is 5.83. The molecule has 1 aromatic carbocycles. The van der Waals surface area contributed by atoms with Crippen molar-refractivity contribution in [3.8, 4) is 5.75 Å². The summed E-state index contributed by atoms with van der Waals surface area (Å²) in [6.07, 6.45) is 2.19. The molecular weight excluding hydrogens is 276 g/mol. The van der Waals surface area contributed by atoms with Gasteiger partial charge in [0.25, 0.3) is 0 Å². The van der Waals surface area contributed by atoms with Crippen molar-refractivity contribution in [3.63, 3.8) is 0 Å². The van der Waals surface area contributed by atoms with Crippen molar-refractivity contribution in [2.24, 2.45) is 11.8 Å². The number of hydrogen-bond acceptors (Lipinski definition) is 4. The summed E-state index contributed by atoms with van der Waals surface area (Å²) < 4.78 is 5.55. The number of carbonyl (C=O) groups excluding carboxylic acids is 1. The number of Topliss-reactive ketones (excluding diaryl/α,β-unsaturated/α-hetero) is 1. The third-order valence-electron chi connectivity index (χ3n) is 4.11. The Balaban J connectivity index is 1.99. The van der Waals surface area contributed by atoms with Crippen LogP contribution in [0.3, 0.4) is 0 Å². The SMILES string of the molecule is CCCOc1ccc(C(=O)CN2CC(C)CC(C)C2)cc1N. The van der Waals surface area contributed by atoms with Gasteiger partial charge >= 0.3 is 0 Å². The number of carbonyl (C=O) groups is 1. The minimum absolute atomic E-state index is 0.134. The monoisotopic (exact) mass is 304 g/mol. The first-order valence-corrected chi connectivity index (χ1v) is 8.27. The standard InChI is InChI=1S/C18H28N2O2/c1-4-7-22-18-6-5-15(9-16(18)19)17(21)12-20-10-13(2)8-14(3)11-20/h5-6,9,13-14H,4,7-8,10-12,19H2,1-3H3. The molecule has 0 saturated carbocycles. The molecular formula is C18H28N2O2. The molecule has 2 rings (SSSR count). The number of piperidine rings is 1. The molecule has 1 aliphatic heterocycles. The largest absolute Gasteiger partial charge is 0.491 e. The van der Waals surface area contributed by atoms with E-state index in [9.17, 15) is 4.79 Å². The average molecular weight is 304 g/mol. The Morgan fingerprint density at radius 1 is 1.32 bits per heavy atom. The summed E-state index contributed by atoms with van der Waals surface area (Å²) in [5.41, 5.74) is 7.20. The third kappa shape index (κ3) is 4.47. The fourth-order valence-corrected chi connectivity index (χ4v) is 3.28. The van der Waals surface area contributed by atoms with Gasteiger partial charge in [-0.3, -0.25) is 9.69 Å². The first-order chi connectivity index (χ1) is 10.5. The second kappa shape index (κ2) is 7.63. The maximum Gasteiger partial charge on any atom is 0.176 e. The molecule has 0 aromatic heterocycles. The van der Waals surface area contributed by atoms with Crippen molar-refractivity contribution >= 4 is 11.5 Å². The lowest BCUT2D eigenvalue weighted by Gasteiger charge is -2.34. The first kappa shape index (κ1) is 16.8. The number of anilines is 1. The van der Waals surface area contributed by atoms with Gasteiger partial charge in [-0.2, -0.15) is 0 Å². The Morgan fingerprint density at radius 3 is 2.59 bits per heavy atom. The number of nitrogen functional groups attached to an aromatic ring is 1. The number of nitrogens with two attached hydrogens (primary N) is 1. The minimum Gasteiger partial charge on any atom is -0.491 e. The number of hydrogen-bond donors (Lipinski definition) is 1. The van der Waals surface area contributed by atoms with Gasteiger partial charge in [-0.1, -0.05) is 20.8 Å². The van der Waals surface area contributed by atoms with Gasteiger partial charge in [0.15, 0.2) is 5.78 Å². The minimum atomic E-state index is 0.134. The van der Waals surface area contributed by atoms with Crippen LogP contribution in [0, 0.1) is 11.8 Å². The average Bonchev–Trinajstić information content (AvgIpc) is 2.44. The van der Waals surface area contributed by atoms with Gasteiger partial charge in [0, 0.05) is 18.7 Å². The molecule has 0 spiro atoms. The highest BCUT2D eigenvalue weighted by molar-refractivity contribution is 5.98. The van der Waals surface area contributed by atoms with E-state index in [4.69, 9.17) is 10.5 Å². The number of rotatable bonds is 6. The quantitative estimate of drug-likeness (QED) is 0.647. The molecule has 1 heterocycles. The number of ether oxygens (including phenoxy) is 1. The lowest BCUT2D eigenvalue weighted by atomic mass is 9.91. The lowest BCUT2D eigenvalue weighted by Crippen LogP contribution is -2.41. The molecule has 1 fully saturated rings. The number of benzene rings is 1. The molecule has 22 heavy (non-hydrogen) atoms. The van der Waals surface area contributed by atoms with E-state index < -0.39 is 0 Å². The van der Waals surface area contributed by atoms with E-state index in [0.717, 1.165) is 19.5 Å². The van der Waals surface area contributed by atoms with Crippen LogP contribution in [0.25, 0.3) is 0 Å². The van der Waals surface area contributed by atoms with Crippen molar-refractivity contribution in [2.75, 3.05) is 32.0 Å². The fourth-order valence-electron chi connectivity index (χ4n) is 3.28. The van der Waals surface area contributed by atoms with E-state index >= 15 is 0 Å². The van der Waals surface area contributed by atoms with Gasteiger partial charge in [0.2, 0.25) is 0 Å². The number of ketones is 1. The van der Waals surface area contributed by atoms with Gasteiger partial charge in [0.05, 0.1) is 18.8 Å². The molecule has 2 unspecified atom stereocenters. The van der Waals surface area contributed by atoms with Crippen LogP contribution in [-0.4, -0.2) is 36.9 Å². The molecule has 0 amide bonds. The summed E-state index contributed by atoms with van der Waals surface area (Å²) in [6.45, 7) is 9.68. The normalized spacial score (nSPS) is 22.5. The summed E-state index contributed by atoms with van der Waals surface area (Å²) in [7, 11) is 0. The Bertz CT molecular complexity index is 506. The molecule has 1 aliphatic rings.